The average Bonchev–Trinajstić information content (AvgIpc) is 2.97. The number of aromatic hydroxyl groups is 1. The summed E-state index contributed by atoms with van der Waals surface area (Å²) >= 11 is 0. The molecule has 31 heavy (non-hydrogen) atoms. The number of benzene rings is 2. The zero-order valence-corrected chi connectivity index (χ0v) is 17.6. The average molecular weight is 421 g/mol. The highest BCUT2D eigenvalue weighted by atomic mass is 16.5. The van der Waals surface area contributed by atoms with Gasteiger partial charge in [-0.3, -0.25) is 19.3 Å². The van der Waals surface area contributed by atoms with Crippen LogP contribution in [0, 0.1) is 0 Å². The number of fused-ring (bicyclic) bond motifs is 1. The van der Waals surface area contributed by atoms with E-state index < -0.39 is 0 Å². The molecule has 3 aliphatic rings. The molecular formula is C24H28N4O3. The van der Waals surface area contributed by atoms with Gasteiger partial charge in [-0.15, -0.1) is 0 Å². The number of nitrogens with one attached hydrogen (secondary N) is 1. The predicted molar refractivity (Wildman–Crippen MR) is 121 cm³/mol. The standard InChI is InChI=1S/C24H28N4O3/c29-23-15-5-7-19-22-20(26-18-4-2-1-3-17(18)25-19)8-6-16(21(15)22)24(30)28(23)10-9-27-11-13-31-14-12-27/h5-8,17-18,25,30H,1-4,9-14H2. The molecule has 2 aromatic carbocycles. The molecule has 2 N–H and O–H groups in total. The van der Waals surface area contributed by atoms with Gasteiger partial charge in [-0.05, 0) is 37.1 Å². The van der Waals surface area contributed by atoms with E-state index in [2.05, 4.69) is 10.2 Å². The Hall–Kier alpha value is -2.64. The Morgan fingerprint density at radius 3 is 2.71 bits per heavy atom. The fraction of sp³-hybridized carbons (Fsp3) is 0.500. The number of ether oxygens (including phenoxy) is 1. The Labute approximate surface area is 180 Å². The third-order valence-corrected chi connectivity index (χ3v) is 7.23. The summed E-state index contributed by atoms with van der Waals surface area (Å²) in [5.74, 6) is 0.0520. The summed E-state index contributed by atoms with van der Waals surface area (Å²) in [5, 5.41) is 18.9. The second-order valence-corrected chi connectivity index (χ2v) is 9.01. The first-order valence-electron chi connectivity index (χ1n) is 11.5. The first kappa shape index (κ1) is 19.1. The number of nitrogens with zero attached hydrogens (tertiary/aromatic N) is 3. The van der Waals surface area contributed by atoms with E-state index in [0.717, 1.165) is 66.3 Å². The molecule has 7 nitrogen and oxygen atoms in total. The van der Waals surface area contributed by atoms with Gasteiger partial charge in [0.05, 0.1) is 24.6 Å². The molecule has 0 radical (unpaired) electrons. The Bertz CT molecular complexity index is 1260. The molecule has 1 saturated carbocycles. The van der Waals surface area contributed by atoms with Gasteiger partial charge in [-0.2, -0.15) is 0 Å². The third kappa shape index (κ3) is 3.10. The van der Waals surface area contributed by atoms with Crippen LogP contribution in [0.4, 0.5) is 5.69 Å². The molecule has 3 heterocycles. The van der Waals surface area contributed by atoms with Crippen molar-refractivity contribution in [1.82, 2.24) is 9.47 Å². The van der Waals surface area contributed by atoms with Gasteiger partial charge in [-0.1, -0.05) is 12.8 Å². The maximum atomic E-state index is 13.4. The van der Waals surface area contributed by atoms with E-state index in [0.29, 0.717) is 24.5 Å². The van der Waals surface area contributed by atoms with Crippen molar-refractivity contribution < 1.29 is 9.84 Å². The molecule has 2 atom stereocenters. The first-order chi connectivity index (χ1) is 15.2. The fourth-order valence-corrected chi connectivity index (χ4v) is 5.54. The van der Waals surface area contributed by atoms with Gasteiger partial charge in [0.25, 0.3) is 5.56 Å². The van der Waals surface area contributed by atoms with Crippen LogP contribution >= 0.6 is 0 Å². The van der Waals surface area contributed by atoms with Gasteiger partial charge >= 0.3 is 0 Å². The maximum Gasteiger partial charge on any atom is 0.261 e. The number of morpholine rings is 1. The lowest BCUT2D eigenvalue weighted by Crippen LogP contribution is -2.39. The van der Waals surface area contributed by atoms with E-state index in [1.165, 1.54) is 17.4 Å². The third-order valence-electron chi connectivity index (χ3n) is 7.23. The first-order valence-corrected chi connectivity index (χ1v) is 11.5. The van der Waals surface area contributed by atoms with Crippen LogP contribution in [0.5, 0.6) is 5.88 Å². The molecule has 1 saturated heterocycles. The second-order valence-electron chi connectivity index (χ2n) is 9.01. The molecule has 2 unspecified atom stereocenters. The van der Waals surface area contributed by atoms with Crippen molar-refractivity contribution >= 4 is 27.2 Å². The van der Waals surface area contributed by atoms with E-state index in [1.54, 1.807) is 0 Å². The summed E-state index contributed by atoms with van der Waals surface area (Å²) < 4.78 is 6.93. The Balaban J connectivity index is 1.50. The van der Waals surface area contributed by atoms with Crippen LogP contribution < -0.4 is 16.2 Å². The van der Waals surface area contributed by atoms with Crippen molar-refractivity contribution in [2.24, 2.45) is 4.99 Å². The van der Waals surface area contributed by atoms with Crippen molar-refractivity contribution in [3.05, 3.63) is 40.0 Å². The van der Waals surface area contributed by atoms with Crippen LogP contribution in [-0.2, 0) is 11.3 Å². The highest BCUT2D eigenvalue weighted by Gasteiger charge is 2.28. The summed E-state index contributed by atoms with van der Waals surface area (Å²) in [7, 11) is 0. The topological polar surface area (TPSA) is 79.1 Å². The molecule has 2 aliphatic heterocycles. The van der Waals surface area contributed by atoms with Crippen molar-refractivity contribution in [2.45, 2.75) is 44.3 Å². The number of hydrogen-bond acceptors (Lipinski definition) is 6. The fourth-order valence-electron chi connectivity index (χ4n) is 5.54. The monoisotopic (exact) mass is 420 g/mol. The van der Waals surface area contributed by atoms with Gasteiger partial charge in [0.1, 0.15) is 0 Å². The summed E-state index contributed by atoms with van der Waals surface area (Å²) in [4.78, 5) is 20.8. The van der Waals surface area contributed by atoms with Gasteiger partial charge in [-0.25, -0.2) is 0 Å². The predicted octanol–water partition coefficient (Wildman–Crippen LogP) is 2.27. The molecule has 6 rings (SSSR count). The lowest BCUT2D eigenvalue weighted by molar-refractivity contribution is 0.0361. The van der Waals surface area contributed by atoms with Crippen molar-refractivity contribution in [3.8, 4) is 5.88 Å². The lowest BCUT2D eigenvalue weighted by atomic mass is 9.91. The molecule has 2 fully saturated rings. The van der Waals surface area contributed by atoms with Crippen LogP contribution in [0.25, 0.3) is 21.5 Å². The van der Waals surface area contributed by atoms with E-state index in [1.807, 2.05) is 24.3 Å². The molecule has 3 aromatic rings. The van der Waals surface area contributed by atoms with Crippen LogP contribution in [0.3, 0.4) is 0 Å². The highest BCUT2D eigenvalue weighted by Crippen LogP contribution is 2.36. The molecule has 7 heteroatoms. The van der Waals surface area contributed by atoms with Crippen molar-refractivity contribution in [2.75, 3.05) is 38.2 Å². The minimum Gasteiger partial charge on any atom is -0.494 e. The Morgan fingerprint density at radius 2 is 1.84 bits per heavy atom. The van der Waals surface area contributed by atoms with Crippen molar-refractivity contribution in [1.29, 1.82) is 0 Å². The molecule has 162 valence electrons. The molecule has 0 amide bonds. The summed E-state index contributed by atoms with van der Waals surface area (Å²) in [6.07, 6.45) is 4.63. The van der Waals surface area contributed by atoms with Gasteiger partial charge in [0.15, 0.2) is 0 Å². The molecular weight excluding hydrogens is 392 g/mol. The van der Waals surface area contributed by atoms with E-state index in [-0.39, 0.29) is 17.5 Å². The molecule has 1 aliphatic carbocycles. The quantitative estimate of drug-likeness (QED) is 0.680. The van der Waals surface area contributed by atoms with E-state index in [4.69, 9.17) is 9.73 Å². The van der Waals surface area contributed by atoms with Gasteiger partial charge in [0, 0.05) is 59.5 Å². The van der Waals surface area contributed by atoms with Crippen molar-refractivity contribution in [3.63, 3.8) is 0 Å². The lowest BCUT2D eigenvalue weighted by Gasteiger charge is -2.29. The Morgan fingerprint density at radius 1 is 1.03 bits per heavy atom. The molecule has 1 aromatic heterocycles. The maximum absolute atomic E-state index is 13.4. The largest absolute Gasteiger partial charge is 0.494 e. The number of aromatic nitrogens is 1. The van der Waals surface area contributed by atoms with Gasteiger partial charge in [0.2, 0.25) is 5.88 Å². The zero-order chi connectivity index (χ0) is 20.9. The number of hydrogen-bond donors (Lipinski definition) is 2. The summed E-state index contributed by atoms with van der Waals surface area (Å²) in [5.41, 5.74) is 0.889. The number of rotatable bonds is 3. The van der Waals surface area contributed by atoms with Crippen LogP contribution in [0.1, 0.15) is 25.7 Å². The molecule has 0 bridgehead atoms. The Kier molecular flexibility index (Phi) is 4.61. The van der Waals surface area contributed by atoms with Crippen LogP contribution in [-0.4, -0.2) is 59.5 Å². The van der Waals surface area contributed by atoms with Gasteiger partial charge < -0.3 is 15.2 Å². The normalized spacial score (nSPS) is 23.9. The number of anilines is 1. The SMILES string of the molecule is O=c1c2ccc3c4c(ccc(c(O)n1CCN1CCOCC1)c24)=NC1CCCCC1N3. The van der Waals surface area contributed by atoms with Crippen LogP contribution in [0.15, 0.2) is 34.1 Å². The smallest absolute Gasteiger partial charge is 0.261 e. The summed E-state index contributed by atoms with van der Waals surface area (Å²) in [6, 6.07) is 8.48. The number of pyridine rings is 1. The van der Waals surface area contributed by atoms with Crippen LogP contribution in [0.2, 0.25) is 0 Å². The minimum absolute atomic E-state index is 0.0520. The van der Waals surface area contributed by atoms with E-state index in [9.17, 15) is 9.90 Å². The van der Waals surface area contributed by atoms with E-state index >= 15 is 0 Å². The zero-order valence-electron chi connectivity index (χ0n) is 17.6. The summed E-state index contributed by atoms with van der Waals surface area (Å²) in [6.45, 7) is 4.33. The molecule has 0 spiro atoms. The minimum atomic E-state index is -0.136. The second kappa shape index (κ2) is 7.50. The highest BCUT2D eigenvalue weighted by molar-refractivity contribution is 6.15.